The molecule has 1 amide bonds. The number of carbonyl (C=O) groups is 1. The number of aromatic nitrogens is 1. The summed E-state index contributed by atoms with van der Waals surface area (Å²) in [6, 6.07) is 9.44. The van der Waals surface area contributed by atoms with Crippen molar-refractivity contribution in [2.45, 2.75) is 6.92 Å². The van der Waals surface area contributed by atoms with E-state index in [9.17, 15) is 4.79 Å². The van der Waals surface area contributed by atoms with Crippen molar-refractivity contribution in [1.29, 1.82) is 0 Å². The summed E-state index contributed by atoms with van der Waals surface area (Å²) in [6.07, 6.45) is 3.20. The van der Waals surface area contributed by atoms with Crippen LogP contribution in [0.1, 0.15) is 15.9 Å². The largest absolute Gasteiger partial charge is 0.387 e. The molecule has 0 radical (unpaired) electrons. The van der Waals surface area contributed by atoms with Crippen molar-refractivity contribution < 1.29 is 4.79 Å². The van der Waals surface area contributed by atoms with Crippen LogP contribution >= 0.6 is 0 Å². The van der Waals surface area contributed by atoms with Gasteiger partial charge in [-0.25, -0.2) is 0 Å². The minimum atomic E-state index is -0.170. The quantitative estimate of drug-likeness (QED) is 0.868. The molecule has 0 aliphatic rings. The van der Waals surface area contributed by atoms with Crippen LogP contribution in [0, 0.1) is 6.92 Å². The van der Waals surface area contributed by atoms with Gasteiger partial charge in [-0.3, -0.25) is 9.78 Å². The van der Waals surface area contributed by atoms with Crippen LogP contribution in [0.15, 0.2) is 42.7 Å². The number of rotatable bonds is 3. The summed E-state index contributed by atoms with van der Waals surface area (Å²) in [5, 5.41) is 5.81. The van der Waals surface area contributed by atoms with Gasteiger partial charge < -0.3 is 10.6 Å². The Morgan fingerprint density at radius 2 is 1.89 bits per heavy atom. The van der Waals surface area contributed by atoms with Crippen LogP contribution in [0.25, 0.3) is 0 Å². The van der Waals surface area contributed by atoms with Crippen molar-refractivity contribution >= 4 is 17.3 Å². The van der Waals surface area contributed by atoms with Crippen LogP contribution in [-0.4, -0.2) is 17.9 Å². The van der Waals surface area contributed by atoms with Crippen LogP contribution in [0.5, 0.6) is 0 Å². The van der Waals surface area contributed by atoms with Gasteiger partial charge in [0.25, 0.3) is 5.91 Å². The van der Waals surface area contributed by atoms with E-state index in [2.05, 4.69) is 15.6 Å². The Bertz CT molecular complexity index is 549. The van der Waals surface area contributed by atoms with Gasteiger partial charge >= 0.3 is 0 Å². The smallest absolute Gasteiger partial charge is 0.259 e. The van der Waals surface area contributed by atoms with Crippen molar-refractivity contribution in [3.63, 3.8) is 0 Å². The van der Waals surface area contributed by atoms with Gasteiger partial charge in [-0.15, -0.1) is 0 Å². The van der Waals surface area contributed by atoms with Gasteiger partial charge in [0.1, 0.15) is 0 Å². The molecular formula is C14H15N3O. The second kappa shape index (κ2) is 5.31. The Balaban J connectivity index is 2.19. The molecule has 2 rings (SSSR count). The Hall–Kier alpha value is -2.36. The molecule has 4 nitrogen and oxygen atoms in total. The molecule has 0 unspecified atom stereocenters. The fourth-order valence-corrected chi connectivity index (χ4v) is 1.63. The molecule has 2 N–H and O–H groups in total. The molecule has 4 heteroatoms. The summed E-state index contributed by atoms with van der Waals surface area (Å²) in [7, 11) is 1.78. The van der Waals surface area contributed by atoms with Gasteiger partial charge in [0, 0.05) is 30.8 Å². The molecule has 1 heterocycles. The second-order valence-electron chi connectivity index (χ2n) is 3.99. The number of amides is 1. The molecule has 0 fully saturated rings. The molecule has 92 valence electrons. The lowest BCUT2D eigenvalue weighted by atomic mass is 10.2. The van der Waals surface area contributed by atoms with Gasteiger partial charge in [-0.05, 0) is 25.1 Å². The number of hydrogen-bond donors (Lipinski definition) is 2. The van der Waals surface area contributed by atoms with Crippen molar-refractivity contribution in [3.05, 3.63) is 53.9 Å². The van der Waals surface area contributed by atoms with Gasteiger partial charge in [0.15, 0.2) is 0 Å². The first-order chi connectivity index (χ1) is 8.70. The highest BCUT2D eigenvalue weighted by molar-refractivity contribution is 6.07. The highest BCUT2D eigenvalue weighted by Crippen LogP contribution is 2.15. The molecule has 0 spiro atoms. The van der Waals surface area contributed by atoms with Gasteiger partial charge in [0.2, 0.25) is 0 Å². The van der Waals surface area contributed by atoms with E-state index < -0.39 is 0 Å². The zero-order valence-corrected chi connectivity index (χ0v) is 10.4. The molecule has 18 heavy (non-hydrogen) atoms. The molecule has 0 aliphatic heterocycles. The maximum atomic E-state index is 12.1. The first-order valence-electron chi connectivity index (χ1n) is 5.70. The third-order valence-electron chi connectivity index (χ3n) is 2.64. The lowest BCUT2D eigenvalue weighted by Crippen LogP contribution is -2.14. The molecular weight excluding hydrogens is 226 g/mol. The van der Waals surface area contributed by atoms with E-state index in [1.807, 2.05) is 31.2 Å². The van der Waals surface area contributed by atoms with Crippen molar-refractivity contribution in [2.75, 3.05) is 17.7 Å². The Morgan fingerprint density at radius 1 is 1.17 bits per heavy atom. The monoisotopic (exact) mass is 241 g/mol. The van der Waals surface area contributed by atoms with Crippen LogP contribution in [0.3, 0.4) is 0 Å². The van der Waals surface area contributed by atoms with Crippen LogP contribution < -0.4 is 10.6 Å². The molecule has 0 bridgehead atoms. The fraction of sp³-hybridized carbons (Fsp3) is 0.143. The summed E-state index contributed by atoms with van der Waals surface area (Å²) in [5.74, 6) is -0.170. The van der Waals surface area contributed by atoms with E-state index in [1.54, 1.807) is 25.5 Å². The van der Waals surface area contributed by atoms with Gasteiger partial charge in [0.05, 0.1) is 5.56 Å². The molecule has 0 saturated carbocycles. The zero-order chi connectivity index (χ0) is 13.0. The topological polar surface area (TPSA) is 54.0 Å². The molecule has 0 aliphatic carbocycles. The summed E-state index contributed by atoms with van der Waals surface area (Å²) in [6.45, 7) is 2.01. The van der Waals surface area contributed by atoms with E-state index in [-0.39, 0.29) is 5.91 Å². The number of benzene rings is 1. The summed E-state index contributed by atoms with van der Waals surface area (Å²) in [4.78, 5) is 16.1. The molecule has 0 atom stereocenters. The van der Waals surface area contributed by atoms with E-state index >= 15 is 0 Å². The summed E-state index contributed by atoms with van der Waals surface area (Å²) in [5.41, 5.74) is 3.22. The van der Waals surface area contributed by atoms with Gasteiger partial charge in [-0.2, -0.15) is 0 Å². The van der Waals surface area contributed by atoms with Crippen LogP contribution in [0.4, 0.5) is 11.4 Å². The molecule has 2 aromatic rings. The van der Waals surface area contributed by atoms with E-state index in [0.29, 0.717) is 5.56 Å². The summed E-state index contributed by atoms with van der Waals surface area (Å²) < 4.78 is 0. The second-order valence-corrected chi connectivity index (χ2v) is 3.99. The maximum Gasteiger partial charge on any atom is 0.259 e. The molecule has 1 aromatic carbocycles. The first-order valence-corrected chi connectivity index (χ1v) is 5.70. The number of aryl methyl sites for hydroxylation is 1. The third kappa shape index (κ3) is 2.66. The van der Waals surface area contributed by atoms with E-state index in [0.717, 1.165) is 16.9 Å². The lowest BCUT2D eigenvalue weighted by Gasteiger charge is -2.09. The predicted molar refractivity (Wildman–Crippen MR) is 72.9 cm³/mol. The Labute approximate surface area is 106 Å². The highest BCUT2D eigenvalue weighted by atomic mass is 16.1. The van der Waals surface area contributed by atoms with E-state index in [1.165, 1.54) is 0 Å². The number of carbonyl (C=O) groups excluding carboxylic acids is 1. The number of pyridine rings is 1. The average Bonchev–Trinajstić information content (AvgIpc) is 2.41. The van der Waals surface area contributed by atoms with Crippen LogP contribution in [0.2, 0.25) is 0 Å². The van der Waals surface area contributed by atoms with Crippen molar-refractivity contribution in [3.8, 4) is 0 Å². The normalized spacial score (nSPS) is 9.89. The summed E-state index contributed by atoms with van der Waals surface area (Å²) >= 11 is 0. The lowest BCUT2D eigenvalue weighted by molar-refractivity contribution is 0.102. The van der Waals surface area contributed by atoms with Gasteiger partial charge in [-0.1, -0.05) is 17.7 Å². The number of hydrogen-bond acceptors (Lipinski definition) is 3. The Kier molecular flexibility index (Phi) is 3.57. The SMILES string of the molecule is CNc1ccncc1C(=O)Nc1ccc(C)cc1. The van der Waals surface area contributed by atoms with Crippen molar-refractivity contribution in [1.82, 2.24) is 4.98 Å². The fourth-order valence-electron chi connectivity index (χ4n) is 1.63. The van der Waals surface area contributed by atoms with Crippen molar-refractivity contribution in [2.24, 2.45) is 0 Å². The predicted octanol–water partition coefficient (Wildman–Crippen LogP) is 2.68. The number of nitrogens with one attached hydrogen (secondary N) is 2. The Morgan fingerprint density at radius 3 is 2.56 bits per heavy atom. The first kappa shape index (κ1) is 12.1. The minimum absolute atomic E-state index is 0.170. The highest BCUT2D eigenvalue weighted by Gasteiger charge is 2.10. The number of anilines is 2. The van der Waals surface area contributed by atoms with E-state index in [4.69, 9.17) is 0 Å². The molecule has 1 aromatic heterocycles. The van der Waals surface area contributed by atoms with Crippen LogP contribution in [-0.2, 0) is 0 Å². The number of nitrogens with zero attached hydrogens (tertiary/aromatic N) is 1. The zero-order valence-electron chi connectivity index (χ0n) is 10.4. The standard InChI is InChI=1S/C14H15N3O/c1-10-3-5-11(6-4-10)17-14(18)12-9-16-8-7-13(12)15-2/h3-9H,1-2H3,(H,15,16)(H,17,18). The third-order valence-corrected chi connectivity index (χ3v) is 2.64. The maximum absolute atomic E-state index is 12.1. The minimum Gasteiger partial charge on any atom is -0.387 e. The molecule has 0 saturated heterocycles. The average molecular weight is 241 g/mol.